The zero-order valence-electron chi connectivity index (χ0n) is 12.0. The Balaban J connectivity index is 1.96. The van der Waals surface area contributed by atoms with Gasteiger partial charge in [-0.15, -0.1) is 0 Å². The number of rotatable bonds is 3. The first-order valence-corrected chi connectivity index (χ1v) is 7.40. The maximum atomic E-state index is 11.0. The van der Waals surface area contributed by atoms with E-state index in [0.717, 1.165) is 50.0 Å². The van der Waals surface area contributed by atoms with Gasteiger partial charge in [0, 0.05) is 42.6 Å². The molecule has 110 valence electrons. The average molecular weight is 277 g/mol. The topological polar surface area (TPSA) is 71.6 Å². The lowest BCUT2D eigenvalue weighted by Crippen LogP contribution is -2.56. The Labute approximate surface area is 119 Å². The molecule has 1 saturated heterocycles. The summed E-state index contributed by atoms with van der Waals surface area (Å²) in [6, 6.07) is 2.15. The van der Waals surface area contributed by atoms with Gasteiger partial charge in [0.25, 0.3) is 0 Å². The molecule has 0 spiro atoms. The monoisotopic (exact) mass is 277 g/mol. The van der Waals surface area contributed by atoms with E-state index in [1.165, 1.54) is 6.42 Å². The van der Waals surface area contributed by atoms with E-state index in [1.54, 1.807) is 13.3 Å². The van der Waals surface area contributed by atoms with Gasteiger partial charge in [0.2, 0.25) is 5.88 Å². The molecule has 1 saturated carbocycles. The molecule has 0 unspecified atom stereocenters. The van der Waals surface area contributed by atoms with Gasteiger partial charge >= 0.3 is 0 Å². The minimum atomic E-state index is -0.744. The molecule has 1 aliphatic carbocycles. The van der Waals surface area contributed by atoms with Gasteiger partial charge in [0.1, 0.15) is 0 Å². The second-order valence-electron chi connectivity index (χ2n) is 6.00. The maximum absolute atomic E-state index is 11.0. The van der Waals surface area contributed by atoms with E-state index in [9.17, 15) is 5.11 Å². The van der Waals surface area contributed by atoms with Crippen molar-refractivity contribution in [3.63, 3.8) is 0 Å². The molecule has 3 N–H and O–H groups in total. The number of hydrogen-bond donors (Lipinski definition) is 2. The molecule has 2 aliphatic rings. The summed E-state index contributed by atoms with van der Waals surface area (Å²) < 4.78 is 5.23. The zero-order valence-corrected chi connectivity index (χ0v) is 12.0. The summed E-state index contributed by atoms with van der Waals surface area (Å²) in [4.78, 5) is 6.50. The summed E-state index contributed by atoms with van der Waals surface area (Å²) in [5, 5.41) is 11.0. The Kier molecular flexibility index (Phi) is 3.56. The van der Waals surface area contributed by atoms with Crippen molar-refractivity contribution in [1.82, 2.24) is 4.98 Å². The van der Waals surface area contributed by atoms with E-state index in [-0.39, 0.29) is 6.04 Å². The van der Waals surface area contributed by atoms with Gasteiger partial charge in [-0.1, -0.05) is 19.3 Å². The van der Waals surface area contributed by atoms with Crippen LogP contribution in [0.2, 0.25) is 0 Å². The fourth-order valence-corrected chi connectivity index (χ4v) is 3.27. The van der Waals surface area contributed by atoms with E-state index in [1.807, 2.05) is 6.07 Å². The molecular formula is C15H23N3O2. The molecule has 0 radical (unpaired) electrons. The Morgan fingerprint density at radius 3 is 2.65 bits per heavy atom. The first-order valence-electron chi connectivity index (χ1n) is 7.40. The van der Waals surface area contributed by atoms with E-state index < -0.39 is 5.60 Å². The molecule has 3 rings (SSSR count). The van der Waals surface area contributed by atoms with Gasteiger partial charge in [-0.25, -0.2) is 4.98 Å². The van der Waals surface area contributed by atoms with Crippen molar-refractivity contribution in [2.45, 2.75) is 43.7 Å². The van der Waals surface area contributed by atoms with E-state index in [2.05, 4.69) is 9.88 Å². The third kappa shape index (κ3) is 2.36. The first kappa shape index (κ1) is 13.6. The Morgan fingerprint density at radius 2 is 2.05 bits per heavy atom. The summed E-state index contributed by atoms with van der Waals surface area (Å²) in [6.07, 6.45) is 6.75. The van der Waals surface area contributed by atoms with Gasteiger partial charge in [-0.3, -0.25) is 0 Å². The average Bonchev–Trinajstić information content (AvgIpc) is 2.44. The second kappa shape index (κ2) is 5.22. The van der Waals surface area contributed by atoms with Crippen molar-refractivity contribution in [2.75, 3.05) is 25.1 Å². The van der Waals surface area contributed by atoms with Gasteiger partial charge in [-0.2, -0.15) is 0 Å². The molecule has 2 fully saturated rings. The summed E-state index contributed by atoms with van der Waals surface area (Å²) in [7, 11) is 1.61. The molecule has 0 bridgehead atoms. The van der Waals surface area contributed by atoms with E-state index in [0.29, 0.717) is 5.88 Å². The third-order valence-corrected chi connectivity index (χ3v) is 4.50. The van der Waals surface area contributed by atoms with Gasteiger partial charge < -0.3 is 20.5 Å². The van der Waals surface area contributed by atoms with Crippen molar-refractivity contribution >= 4 is 5.69 Å². The molecule has 20 heavy (non-hydrogen) atoms. The lowest BCUT2D eigenvalue weighted by atomic mass is 9.79. The summed E-state index contributed by atoms with van der Waals surface area (Å²) in [6.45, 7) is 1.66. The zero-order chi connectivity index (χ0) is 14.2. The maximum Gasteiger partial charge on any atom is 0.215 e. The van der Waals surface area contributed by atoms with E-state index in [4.69, 9.17) is 10.5 Å². The highest BCUT2D eigenvalue weighted by Gasteiger charge is 2.37. The molecular weight excluding hydrogens is 254 g/mol. The van der Waals surface area contributed by atoms with Gasteiger partial charge in [-0.05, 0) is 12.8 Å². The molecule has 5 nitrogen and oxygen atoms in total. The largest absolute Gasteiger partial charge is 0.481 e. The Morgan fingerprint density at radius 1 is 1.35 bits per heavy atom. The van der Waals surface area contributed by atoms with Gasteiger partial charge in [0.15, 0.2) is 0 Å². The fraction of sp³-hybridized carbons (Fsp3) is 0.667. The van der Waals surface area contributed by atoms with Gasteiger partial charge in [0.05, 0.1) is 12.7 Å². The highest BCUT2D eigenvalue weighted by Crippen LogP contribution is 2.42. The standard InChI is InChI=1S/C15H23N3O2/c1-20-14-7-13(18-9-11(16)10-18)12(8-17-14)15(19)5-3-2-4-6-15/h7-8,11,19H,2-6,9-10,16H2,1H3. The molecule has 0 aromatic carbocycles. The smallest absolute Gasteiger partial charge is 0.215 e. The highest BCUT2D eigenvalue weighted by molar-refractivity contribution is 5.59. The Bertz CT molecular complexity index is 480. The molecule has 2 heterocycles. The van der Waals surface area contributed by atoms with Crippen LogP contribution < -0.4 is 15.4 Å². The number of aliphatic hydroxyl groups is 1. The van der Waals surface area contributed by atoms with Crippen LogP contribution in [0.3, 0.4) is 0 Å². The molecule has 0 atom stereocenters. The second-order valence-corrected chi connectivity index (χ2v) is 6.00. The minimum Gasteiger partial charge on any atom is -0.481 e. The van der Waals surface area contributed by atoms with Crippen LogP contribution in [0.25, 0.3) is 0 Å². The van der Waals surface area contributed by atoms with Crippen LogP contribution in [0.1, 0.15) is 37.7 Å². The quantitative estimate of drug-likeness (QED) is 0.873. The normalized spacial score (nSPS) is 22.4. The van der Waals surface area contributed by atoms with Crippen LogP contribution >= 0.6 is 0 Å². The number of nitrogens with two attached hydrogens (primary N) is 1. The SMILES string of the molecule is COc1cc(N2CC(N)C2)c(C2(O)CCCCC2)cn1. The molecule has 1 aromatic heterocycles. The lowest BCUT2D eigenvalue weighted by Gasteiger charge is -2.43. The number of ether oxygens (including phenoxy) is 1. The number of hydrogen-bond acceptors (Lipinski definition) is 5. The molecule has 1 aliphatic heterocycles. The number of anilines is 1. The molecule has 1 aromatic rings. The predicted molar refractivity (Wildman–Crippen MR) is 78.0 cm³/mol. The predicted octanol–water partition coefficient (Wildman–Crippen LogP) is 1.39. The summed E-state index contributed by atoms with van der Waals surface area (Å²) in [5.74, 6) is 0.587. The van der Waals surface area contributed by atoms with Crippen molar-refractivity contribution < 1.29 is 9.84 Å². The minimum absolute atomic E-state index is 0.225. The van der Waals surface area contributed by atoms with Crippen molar-refractivity contribution in [2.24, 2.45) is 5.73 Å². The van der Waals surface area contributed by atoms with Crippen LogP contribution in [0.15, 0.2) is 12.3 Å². The number of pyridine rings is 1. The molecule has 5 heteroatoms. The first-order chi connectivity index (χ1) is 9.62. The van der Waals surface area contributed by atoms with Crippen LogP contribution in [0.4, 0.5) is 5.69 Å². The third-order valence-electron chi connectivity index (χ3n) is 4.50. The fourth-order valence-electron chi connectivity index (χ4n) is 3.27. The van der Waals surface area contributed by atoms with Crippen LogP contribution in [0, 0.1) is 0 Å². The summed E-state index contributed by atoms with van der Waals surface area (Å²) in [5.41, 5.74) is 7.11. The molecule has 0 amide bonds. The van der Waals surface area contributed by atoms with Crippen LogP contribution in [-0.4, -0.2) is 36.3 Å². The van der Waals surface area contributed by atoms with Crippen LogP contribution in [-0.2, 0) is 5.60 Å². The highest BCUT2D eigenvalue weighted by atomic mass is 16.5. The van der Waals surface area contributed by atoms with Crippen molar-refractivity contribution in [3.05, 3.63) is 17.8 Å². The number of aromatic nitrogens is 1. The Hall–Kier alpha value is -1.33. The van der Waals surface area contributed by atoms with Crippen molar-refractivity contribution in [1.29, 1.82) is 0 Å². The van der Waals surface area contributed by atoms with E-state index >= 15 is 0 Å². The lowest BCUT2D eigenvalue weighted by molar-refractivity contribution is -0.000666. The number of methoxy groups -OCH3 is 1. The number of nitrogens with zero attached hydrogens (tertiary/aromatic N) is 2. The van der Waals surface area contributed by atoms with Crippen LogP contribution in [0.5, 0.6) is 5.88 Å². The summed E-state index contributed by atoms with van der Waals surface area (Å²) >= 11 is 0. The van der Waals surface area contributed by atoms with Crippen molar-refractivity contribution in [3.8, 4) is 5.88 Å².